The van der Waals surface area contributed by atoms with Gasteiger partial charge in [-0.15, -0.1) is 0 Å². The smallest absolute Gasteiger partial charge is 0.243 e. The number of primary amides is 1. The summed E-state index contributed by atoms with van der Waals surface area (Å²) in [6, 6.07) is 3.86. The van der Waals surface area contributed by atoms with Gasteiger partial charge < -0.3 is 32.3 Å². The number of sulfone groups is 1. The molecular weight excluding hydrogens is 588 g/mol. The normalized spacial score (nSPS) is 17.2. The van der Waals surface area contributed by atoms with E-state index in [0.717, 1.165) is 5.41 Å². The first-order valence-electron chi connectivity index (χ1n) is 14.9. The van der Waals surface area contributed by atoms with Crippen LogP contribution in [0.15, 0.2) is 46.7 Å². The zero-order valence-electron chi connectivity index (χ0n) is 25.7. The molecule has 0 radical (unpaired) electrons. The summed E-state index contributed by atoms with van der Waals surface area (Å²) < 4.78 is 25.4. The second-order valence-electron chi connectivity index (χ2n) is 11.4. The molecule has 5 amide bonds. The van der Waals surface area contributed by atoms with Crippen LogP contribution in [0, 0.1) is 5.92 Å². The molecule has 4 atom stereocenters. The maximum Gasteiger partial charge on any atom is 0.243 e. The highest BCUT2D eigenvalue weighted by atomic mass is 32.2. The lowest BCUT2D eigenvalue weighted by Gasteiger charge is -2.28. The fraction of sp³-hybridized carbons (Fsp3) is 0.567. The Hall–Kier alpha value is -3.78. The van der Waals surface area contributed by atoms with Crippen molar-refractivity contribution in [1.29, 1.82) is 0 Å². The first-order valence-corrected chi connectivity index (χ1v) is 16.4. The van der Waals surface area contributed by atoms with Crippen LogP contribution in [0.3, 0.4) is 0 Å². The molecule has 0 spiro atoms. The number of amides is 5. The minimum atomic E-state index is -3.86. The van der Waals surface area contributed by atoms with Gasteiger partial charge in [0, 0.05) is 18.9 Å². The van der Waals surface area contributed by atoms with Gasteiger partial charge in [-0.2, -0.15) is 0 Å². The molecular formula is C30H46N6O7S. The van der Waals surface area contributed by atoms with Crippen molar-refractivity contribution in [2.75, 3.05) is 13.1 Å². The molecule has 0 unspecified atom stereocenters. The van der Waals surface area contributed by atoms with E-state index in [-0.39, 0.29) is 36.0 Å². The van der Waals surface area contributed by atoms with Gasteiger partial charge in [-0.3, -0.25) is 24.0 Å². The first-order chi connectivity index (χ1) is 20.7. The van der Waals surface area contributed by atoms with Gasteiger partial charge in [-0.1, -0.05) is 38.1 Å². The highest BCUT2D eigenvalue weighted by molar-refractivity contribution is 7.94. The van der Waals surface area contributed by atoms with Gasteiger partial charge in [0.15, 0.2) is 9.84 Å². The maximum absolute atomic E-state index is 13.5. The number of hydrogen-bond acceptors (Lipinski definition) is 8. The summed E-state index contributed by atoms with van der Waals surface area (Å²) in [4.78, 5) is 65.3. The highest BCUT2D eigenvalue weighted by Crippen LogP contribution is 2.18. The number of unbranched alkanes of at least 4 members (excludes halogenated alkanes) is 1. The van der Waals surface area contributed by atoms with Crippen molar-refractivity contribution in [2.24, 2.45) is 17.4 Å². The number of nitrogens with two attached hydrogens (primary N) is 2. The summed E-state index contributed by atoms with van der Waals surface area (Å²) in [7, 11) is -3.86. The van der Waals surface area contributed by atoms with Gasteiger partial charge in [0.25, 0.3) is 0 Å². The average molecular weight is 635 g/mol. The molecule has 244 valence electrons. The molecule has 0 bridgehead atoms. The van der Waals surface area contributed by atoms with Crippen LogP contribution >= 0.6 is 0 Å². The third-order valence-electron chi connectivity index (χ3n) is 7.19. The minimum Gasteiger partial charge on any atom is -0.370 e. The maximum atomic E-state index is 13.5. The number of nitrogens with zero attached hydrogens (tertiary/aromatic N) is 1. The molecule has 1 aliphatic heterocycles. The van der Waals surface area contributed by atoms with Crippen LogP contribution < -0.4 is 27.4 Å². The molecule has 2 rings (SSSR count). The lowest BCUT2D eigenvalue weighted by Crippen LogP contribution is -2.57. The molecule has 1 aliphatic rings. The van der Waals surface area contributed by atoms with Crippen LogP contribution in [-0.2, 0) is 33.8 Å². The van der Waals surface area contributed by atoms with E-state index in [0.29, 0.717) is 38.8 Å². The summed E-state index contributed by atoms with van der Waals surface area (Å²) in [5.74, 6) is -2.71. The van der Waals surface area contributed by atoms with E-state index in [2.05, 4.69) is 16.0 Å². The molecule has 13 nitrogen and oxygen atoms in total. The summed E-state index contributed by atoms with van der Waals surface area (Å²) in [5.41, 5.74) is 11.0. The monoisotopic (exact) mass is 634 g/mol. The Balaban J connectivity index is 2.22. The first kappa shape index (κ1) is 36.4. The topological polar surface area (TPSA) is 211 Å². The van der Waals surface area contributed by atoms with Gasteiger partial charge >= 0.3 is 0 Å². The van der Waals surface area contributed by atoms with E-state index >= 15 is 0 Å². The Bertz CT molecular complexity index is 1290. The van der Waals surface area contributed by atoms with E-state index in [1.807, 2.05) is 13.8 Å². The standard InChI is InChI=1S/C30H46N6O7S/c1-20(2)18-25(29(40)33-22(19-27(32)38)14-17-44(42,43)23-10-5-4-6-11-23)35-28(39)24(12-7-8-15-31)34-30(41)26-13-9-16-36(26)21(3)37/h4-6,10-11,14,17,20,22,24-26H,7-9,12-13,15-16,18-19,31H2,1-3H3,(H2,32,38)(H,33,40)(H,34,41)(H,35,39)/b17-14+/t22-,24+,25+,26+/m1/s1. The highest BCUT2D eigenvalue weighted by Gasteiger charge is 2.35. The van der Waals surface area contributed by atoms with E-state index in [9.17, 15) is 32.4 Å². The largest absolute Gasteiger partial charge is 0.370 e. The van der Waals surface area contributed by atoms with Crippen molar-refractivity contribution in [2.45, 2.75) is 94.8 Å². The van der Waals surface area contributed by atoms with E-state index in [1.165, 1.54) is 30.0 Å². The predicted molar refractivity (Wildman–Crippen MR) is 165 cm³/mol. The molecule has 0 saturated carbocycles. The Morgan fingerprint density at radius 3 is 2.25 bits per heavy atom. The molecule has 1 saturated heterocycles. The Morgan fingerprint density at radius 1 is 1.00 bits per heavy atom. The predicted octanol–water partition coefficient (Wildman–Crippen LogP) is 0.490. The number of likely N-dealkylation sites (tertiary alicyclic amines) is 1. The second kappa shape index (κ2) is 17.5. The Kier molecular flexibility index (Phi) is 14.5. The lowest BCUT2D eigenvalue weighted by atomic mass is 10.0. The Morgan fingerprint density at radius 2 is 1.66 bits per heavy atom. The van der Waals surface area contributed by atoms with Crippen molar-refractivity contribution in [3.8, 4) is 0 Å². The zero-order valence-corrected chi connectivity index (χ0v) is 26.5. The third-order valence-corrected chi connectivity index (χ3v) is 8.64. The van der Waals surface area contributed by atoms with Gasteiger partial charge in [-0.05, 0) is 63.1 Å². The van der Waals surface area contributed by atoms with Crippen LogP contribution in [-0.4, -0.2) is 80.1 Å². The van der Waals surface area contributed by atoms with Crippen LogP contribution in [0.2, 0.25) is 0 Å². The molecule has 0 aliphatic carbocycles. The molecule has 1 fully saturated rings. The van der Waals surface area contributed by atoms with Crippen LogP contribution in [0.5, 0.6) is 0 Å². The molecule has 1 aromatic carbocycles. The number of hydrogen-bond donors (Lipinski definition) is 5. The fourth-order valence-electron chi connectivity index (χ4n) is 4.98. The summed E-state index contributed by atoms with van der Waals surface area (Å²) in [6.45, 7) is 5.97. The van der Waals surface area contributed by atoms with Crippen LogP contribution in [0.4, 0.5) is 0 Å². The number of benzene rings is 1. The second-order valence-corrected chi connectivity index (χ2v) is 13.2. The number of carbonyl (C=O) groups is 5. The summed E-state index contributed by atoms with van der Waals surface area (Å²) in [5, 5.41) is 9.02. The van der Waals surface area contributed by atoms with Gasteiger partial charge in [0.05, 0.1) is 17.4 Å². The zero-order chi connectivity index (χ0) is 32.9. The van der Waals surface area contributed by atoms with E-state index in [4.69, 9.17) is 11.5 Å². The van der Waals surface area contributed by atoms with Gasteiger partial charge in [-0.25, -0.2) is 8.42 Å². The van der Waals surface area contributed by atoms with Crippen LogP contribution in [0.25, 0.3) is 0 Å². The van der Waals surface area contributed by atoms with Crippen molar-refractivity contribution in [3.05, 3.63) is 41.8 Å². The third kappa shape index (κ3) is 11.7. The SMILES string of the molecule is CC(=O)N1CCC[C@H]1C(=O)N[C@@H](CCCCN)C(=O)N[C@@H](CC(C)C)C(=O)N[C@H](/C=C/S(=O)(=O)c1ccccc1)CC(N)=O. The molecule has 0 aromatic heterocycles. The molecule has 7 N–H and O–H groups in total. The number of rotatable bonds is 17. The molecule has 1 aromatic rings. The number of nitrogens with one attached hydrogen (secondary N) is 3. The van der Waals surface area contributed by atoms with Gasteiger partial charge in [0.2, 0.25) is 29.5 Å². The van der Waals surface area contributed by atoms with E-state index in [1.54, 1.807) is 18.2 Å². The van der Waals surface area contributed by atoms with Crippen molar-refractivity contribution in [3.63, 3.8) is 0 Å². The average Bonchev–Trinajstić information content (AvgIpc) is 3.46. The quantitative estimate of drug-likeness (QED) is 0.152. The van der Waals surface area contributed by atoms with Crippen molar-refractivity contribution >= 4 is 39.4 Å². The lowest BCUT2D eigenvalue weighted by molar-refractivity contribution is -0.138. The Labute approximate surface area is 259 Å². The summed E-state index contributed by atoms with van der Waals surface area (Å²) >= 11 is 0. The van der Waals surface area contributed by atoms with Crippen LogP contribution in [0.1, 0.15) is 65.7 Å². The number of carbonyl (C=O) groups excluding carboxylic acids is 5. The van der Waals surface area contributed by atoms with Crippen molar-refractivity contribution in [1.82, 2.24) is 20.9 Å². The molecule has 14 heteroatoms. The molecule has 44 heavy (non-hydrogen) atoms. The van der Waals surface area contributed by atoms with Gasteiger partial charge in [0.1, 0.15) is 18.1 Å². The fourth-order valence-corrected chi connectivity index (χ4v) is 6.07. The summed E-state index contributed by atoms with van der Waals surface area (Å²) in [6.07, 6.45) is 3.60. The van der Waals surface area contributed by atoms with E-state index < -0.39 is 57.6 Å². The minimum absolute atomic E-state index is 0.0390. The van der Waals surface area contributed by atoms with Crippen molar-refractivity contribution < 1.29 is 32.4 Å². The molecule has 1 heterocycles.